The number of halogens is 3. The van der Waals surface area contributed by atoms with Gasteiger partial charge in [-0.3, -0.25) is 38.2 Å². The van der Waals surface area contributed by atoms with Gasteiger partial charge in [-0.2, -0.15) is 13.2 Å². The van der Waals surface area contributed by atoms with Gasteiger partial charge in [-0.1, -0.05) is 53.7 Å². The highest BCUT2D eigenvalue weighted by Crippen LogP contribution is 2.47. The van der Waals surface area contributed by atoms with E-state index < -0.39 is 171 Å². The monoisotopic (exact) mass is 1320 g/mol. The van der Waals surface area contributed by atoms with E-state index in [-0.39, 0.29) is 55.6 Å². The zero-order valence-corrected chi connectivity index (χ0v) is 55.1. The number of aliphatic hydroxyl groups excluding tert-OH is 1. The predicted molar refractivity (Wildman–Crippen MR) is 324 cm³/mol. The maximum absolute atomic E-state index is 14.4. The number of pyridine rings is 2. The number of sulfonamides is 2. The molecule has 0 radical (unpaired) electrons. The van der Waals surface area contributed by atoms with Crippen molar-refractivity contribution < 1.29 is 87.7 Å². The summed E-state index contributed by atoms with van der Waals surface area (Å²) in [5.74, 6) is -6.02. The molecule has 4 heterocycles. The van der Waals surface area contributed by atoms with Crippen molar-refractivity contribution in [1.29, 1.82) is 0 Å². The summed E-state index contributed by atoms with van der Waals surface area (Å²) < 4.78 is 113. The minimum Gasteiger partial charge on any atom is -0.488 e. The third-order valence-electron chi connectivity index (χ3n) is 16.1. The fourth-order valence-corrected chi connectivity index (χ4v) is 13.5. The number of β-amino-alcohol motifs (C(OH)–C–C–N with tert-alkyl or cyclic N) is 1. The maximum Gasteiger partial charge on any atom is 0.433 e. The number of alkyl carbamates (subject to hydrolysis) is 2. The number of aromatic nitrogens is 2. The molecule has 4 saturated carbocycles. The summed E-state index contributed by atoms with van der Waals surface area (Å²) in [7, 11) is -7.83. The molecule has 26 nitrogen and oxygen atoms in total. The summed E-state index contributed by atoms with van der Waals surface area (Å²) in [4.78, 5) is 118. The first-order valence-corrected chi connectivity index (χ1v) is 33.1. The van der Waals surface area contributed by atoms with E-state index in [0.29, 0.717) is 31.4 Å². The zero-order chi connectivity index (χ0) is 68.3. The number of nitrogens with zero attached hydrogens (tertiary/aromatic N) is 4. The SMILES string of the molecule is C=CC1CC1(NC(=O)[C@@H]1C[C@@H](O)CN1C(=O)[C@@H](NC(=O)OC(C)(C)C)C(C)(C)C)C(=O)NS(=O)(=O)C1CC1.C=CC1CC1(NC(=O)[C@@H]1C[C@@H](Oc2cc(C(F)(F)F)nc3nc(C)ccc23)CN1C(=O)[C@@H](NC(=O)OC(C)(C)C)C(C)(C)C)C(=O)NS(=O)(=O)C1CC1. The Morgan fingerprint density at radius 1 is 0.659 bits per heavy atom. The largest absolute Gasteiger partial charge is 0.488 e. The number of carbonyl (C=O) groups excluding carboxylic acids is 8. The van der Waals surface area contributed by atoms with Crippen molar-refractivity contribution in [2.75, 3.05) is 13.1 Å². The van der Waals surface area contributed by atoms with Crippen LogP contribution < -0.4 is 35.4 Å². The molecule has 6 fully saturated rings. The molecule has 0 aromatic carbocycles. The average Bonchev–Trinajstić information content (AvgIpc) is 1.60. The van der Waals surface area contributed by atoms with Gasteiger partial charge in [0.1, 0.15) is 58.3 Å². The Labute approximate surface area is 527 Å². The van der Waals surface area contributed by atoms with Gasteiger partial charge in [-0.05, 0) is 110 Å². The van der Waals surface area contributed by atoms with Crippen LogP contribution in [-0.4, -0.2) is 172 Å². The summed E-state index contributed by atoms with van der Waals surface area (Å²) >= 11 is 0. The van der Waals surface area contributed by atoms with Gasteiger partial charge in [0.05, 0.1) is 28.5 Å². The van der Waals surface area contributed by atoms with E-state index in [4.69, 9.17) is 14.2 Å². The second kappa shape index (κ2) is 25.4. The Balaban J connectivity index is 0.000000273. The fraction of sp³-hybridized carbons (Fsp3) is 0.667. The molecule has 91 heavy (non-hydrogen) atoms. The van der Waals surface area contributed by atoms with Crippen molar-refractivity contribution >= 4 is 78.7 Å². The summed E-state index contributed by atoms with van der Waals surface area (Å²) in [6, 6.07) is -1.06. The molecule has 4 unspecified atom stereocenters. The maximum atomic E-state index is 14.4. The van der Waals surface area contributed by atoms with Crippen LogP contribution in [0.25, 0.3) is 11.0 Å². The van der Waals surface area contributed by atoms with Gasteiger partial charge >= 0.3 is 18.4 Å². The van der Waals surface area contributed by atoms with E-state index in [1.807, 2.05) is 0 Å². The van der Waals surface area contributed by atoms with Crippen LogP contribution in [0, 0.1) is 29.6 Å². The lowest BCUT2D eigenvalue weighted by molar-refractivity contribution is -0.143. The molecule has 7 N–H and O–H groups in total. The van der Waals surface area contributed by atoms with Crippen molar-refractivity contribution in [3.8, 4) is 5.75 Å². The first-order chi connectivity index (χ1) is 41.6. The molecule has 0 spiro atoms. The molecular weight excluding hydrogens is 1240 g/mol. The molecular formula is C60H85F3N10O16S2. The lowest BCUT2D eigenvalue weighted by Crippen LogP contribution is -2.60. The Morgan fingerprint density at radius 3 is 1.45 bits per heavy atom. The van der Waals surface area contributed by atoms with Crippen molar-refractivity contribution in [1.82, 2.24) is 50.5 Å². The highest BCUT2D eigenvalue weighted by Gasteiger charge is 2.64. The zero-order valence-electron chi connectivity index (χ0n) is 53.5. The average molecular weight is 1320 g/mol. The second-order valence-electron chi connectivity index (χ2n) is 28.5. The molecule has 504 valence electrons. The van der Waals surface area contributed by atoms with Crippen molar-refractivity contribution in [2.24, 2.45) is 22.7 Å². The topological polar surface area (TPSA) is 357 Å². The minimum atomic E-state index is -4.85. The highest BCUT2D eigenvalue weighted by molar-refractivity contribution is 7.91. The third-order valence-corrected chi connectivity index (χ3v) is 19.8. The van der Waals surface area contributed by atoms with E-state index in [1.165, 1.54) is 23.1 Å². The van der Waals surface area contributed by atoms with Crippen LogP contribution in [-0.2, 0) is 64.5 Å². The standard InChI is InChI=1S/C35H45F3N6O8S.C25H40N4O8S/c1-9-19-16-34(19,30(47)43-53(49,50)21-11-12-21)42-28(45)23-14-20(17-44(23)29(46)26(32(3,4)5)41-31(48)52-33(6,7)8)51-24-15-25(35(36,37)38)40-27-22(24)13-10-18(2)39-27;1-8-14-12-25(14,21(33)28-38(35,36)16-9-10-16)27-19(31)17-11-15(30)13-29(17)20(32)18(23(2,3)4)26-22(34)37-24(5,6)7/h9-10,13,15,19-21,23,26H,1,11-12,14,16-17H2,2-8H3,(H,41,48)(H,42,45)(H,43,47);8,14-18,30H,1,9-13H2,2-7H3,(H,26,34)(H,27,31)(H,28,33)/t19?,20-,23+,26-,34?;14?,15-,17+,18-,25?/m11/s1. The quantitative estimate of drug-likeness (QED) is 0.101. The molecule has 8 rings (SSSR count). The molecule has 2 aromatic heterocycles. The third kappa shape index (κ3) is 17.1. The van der Waals surface area contributed by atoms with E-state index in [2.05, 4.69) is 53.8 Å². The van der Waals surface area contributed by atoms with Gasteiger partial charge in [0, 0.05) is 43.0 Å². The normalized spacial score (nSPS) is 25.7. The van der Waals surface area contributed by atoms with Crippen molar-refractivity contribution in [3.05, 3.63) is 54.9 Å². The predicted octanol–water partition coefficient (Wildman–Crippen LogP) is 4.47. The number of amides is 8. The van der Waals surface area contributed by atoms with Gasteiger partial charge in [0.25, 0.3) is 11.8 Å². The Bertz CT molecular complexity index is 3480. The van der Waals surface area contributed by atoms with Crippen LogP contribution in [0.2, 0.25) is 0 Å². The van der Waals surface area contributed by atoms with E-state index >= 15 is 0 Å². The summed E-state index contributed by atoms with van der Waals surface area (Å²) in [5.41, 5.74) is -7.68. The number of likely N-dealkylation sites (tertiary alicyclic amines) is 2. The second-order valence-corrected chi connectivity index (χ2v) is 32.4. The lowest BCUT2D eigenvalue weighted by Gasteiger charge is -2.36. The molecule has 4 aliphatic carbocycles. The number of hydrogen-bond donors (Lipinski definition) is 7. The molecule has 6 aliphatic rings. The summed E-state index contributed by atoms with van der Waals surface area (Å²) in [6.45, 7) is 28.8. The molecule has 0 bridgehead atoms. The van der Waals surface area contributed by atoms with Crippen molar-refractivity contribution in [2.45, 2.75) is 217 Å². The number of carbonyl (C=O) groups is 8. The van der Waals surface area contributed by atoms with Gasteiger partial charge < -0.3 is 50.4 Å². The van der Waals surface area contributed by atoms with Gasteiger partial charge in [-0.25, -0.2) is 36.4 Å². The minimum absolute atomic E-state index is 0.0370. The number of hydrogen-bond acceptors (Lipinski definition) is 18. The lowest BCUT2D eigenvalue weighted by atomic mass is 9.85. The van der Waals surface area contributed by atoms with Gasteiger partial charge in [-0.15, -0.1) is 13.2 Å². The Morgan fingerprint density at radius 2 is 1.08 bits per heavy atom. The number of aryl methyl sites for hydroxylation is 1. The summed E-state index contributed by atoms with van der Waals surface area (Å²) in [5, 5.41) is 19.7. The molecule has 2 aromatic rings. The van der Waals surface area contributed by atoms with Crippen LogP contribution in [0.1, 0.15) is 146 Å². The molecule has 8 amide bonds. The molecule has 31 heteroatoms. The molecule has 2 saturated heterocycles. The van der Waals surface area contributed by atoms with Gasteiger partial charge in [0.2, 0.25) is 43.7 Å². The highest BCUT2D eigenvalue weighted by atomic mass is 32.2. The number of rotatable bonds is 18. The number of ether oxygens (including phenoxy) is 3. The number of fused-ring (bicyclic) bond motifs is 1. The van der Waals surface area contributed by atoms with Crippen molar-refractivity contribution in [3.63, 3.8) is 0 Å². The van der Waals surface area contributed by atoms with Gasteiger partial charge in [0.15, 0.2) is 11.3 Å². The Kier molecular flexibility index (Phi) is 19.9. The van der Waals surface area contributed by atoms with Crippen LogP contribution >= 0.6 is 0 Å². The first-order valence-electron chi connectivity index (χ1n) is 30.0. The number of nitrogens with one attached hydrogen (secondary N) is 6. The smallest absolute Gasteiger partial charge is 0.433 e. The first kappa shape index (κ1) is 71.3. The Hall–Kier alpha value is -7.15. The molecule has 2 aliphatic heterocycles. The van der Waals surface area contributed by atoms with E-state index in [1.54, 1.807) is 96.1 Å². The van der Waals surface area contributed by atoms with E-state index in [0.717, 1.165) is 11.0 Å². The number of alkyl halides is 3. The van der Waals surface area contributed by atoms with Crippen LogP contribution in [0.15, 0.2) is 43.5 Å². The molecule has 10 atom stereocenters. The van der Waals surface area contributed by atoms with Crippen LogP contribution in [0.3, 0.4) is 0 Å². The summed E-state index contributed by atoms with van der Waals surface area (Å²) in [6.07, 6.45) is -4.16. The van der Waals surface area contributed by atoms with Crippen LogP contribution in [0.5, 0.6) is 5.75 Å². The van der Waals surface area contributed by atoms with E-state index in [9.17, 15) is 73.5 Å². The number of aliphatic hydroxyl groups is 1. The van der Waals surface area contributed by atoms with Crippen LogP contribution in [0.4, 0.5) is 22.8 Å². The fourth-order valence-electron chi connectivity index (χ4n) is 10.8.